The van der Waals surface area contributed by atoms with Gasteiger partial charge in [-0.2, -0.15) is 5.10 Å². The molecule has 0 saturated carbocycles. The van der Waals surface area contributed by atoms with Crippen LogP contribution in [-0.4, -0.2) is 53.9 Å². The van der Waals surface area contributed by atoms with Gasteiger partial charge in [0.25, 0.3) is 5.91 Å². The van der Waals surface area contributed by atoms with E-state index in [-0.39, 0.29) is 5.91 Å². The summed E-state index contributed by atoms with van der Waals surface area (Å²) in [5, 5.41) is 5.18. The molecule has 3 aromatic carbocycles. The fourth-order valence-electron chi connectivity index (χ4n) is 4.32. The van der Waals surface area contributed by atoms with Crippen LogP contribution in [-0.2, 0) is 0 Å². The van der Waals surface area contributed by atoms with Gasteiger partial charge in [-0.05, 0) is 54.6 Å². The standard InChI is InChI=1S/C27H24ClFN4O2/c1-35-26-9-5-4-8-24(26)31-14-16-32(17-15-31)27(34)25-18-23(21-6-2-3-7-22(21)29)30-33(25)20-12-10-19(28)11-13-20/h2-13,18H,14-17H2,1H3. The van der Waals surface area contributed by atoms with E-state index in [1.54, 1.807) is 65.2 Å². The lowest BCUT2D eigenvalue weighted by Gasteiger charge is -2.36. The Morgan fingerprint density at radius 3 is 2.34 bits per heavy atom. The van der Waals surface area contributed by atoms with E-state index in [9.17, 15) is 9.18 Å². The van der Waals surface area contributed by atoms with E-state index in [2.05, 4.69) is 10.00 Å². The van der Waals surface area contributed by atoms with Crippen LogP contribution in [0.15, 0.2) is 78.9 Å². The van der Waals surface area contributed by atoms with Gasteiger partial charge in [-0.25, -0.2) is 9.07 Å². The minimum Gasteiger partial charge on any atom is -0.495 e. The zero-order chi connectivity index (χ0) is 24.4. The molecule has 6 nitrogen and oxygen atoms in total. The molecule has 0 radical (unpaired) electrons. The second-order valence-electron chi connectivity index (χ2n) is 8.23. The van der Waals surface area contributed by atoms with Gasteiger partial charge in [0.15, 0.2) is 0 Å². The molecule has 1 aliphatic heterocycles. The monoisotopic (exact) mass is 490 g/mol. The largest absolute Gasteiger partial charge is 0.495 e. The number of methoxy groups -OCH3 is 1. The SMILES string of the molecule is COc1ccccc1N1CCN(C(=O)c2cc(-c3ccccc3F)nn2-c2ccc(Cl)cc2)CC1. The molecule has 0 N–H and O–H groups in total. The second-order valence-corrected chi connectivity index (χ2v) is 8.67. The van der Waals surface area contributed by atoms with E-state index in [1.807, 2.05) is 24.3 Å². The number of carbonyl (C=O) groups is 1. The quantitative estimate of drug-likeness (QED) is 0.381. The molecule has 8 heteroatoms. The van der Waals surface area contributed by atoms with Crippen LogP contribution in [0, 0.1) is 5.82 Å². The fourth-order valence-corrected chi connectivity index (χ4v) is 4.44. The van der Waals surface area contributed by atoms with Crippen molar-refractivity contribution in [1.82, 2.24) is 14.7 Å². The number of amides is 1. The number of rotatable bonds is 5. The number of piperazine rings is 1. The van der Waals surface area contributed by atoms with Gasteiger partial charge in [-0.15, -0.1) is 0 Å². The molecule has 0 bridgehead atoms. The Morgan fingerprint density at radius 2 is 1.63 bits per heavy atom. The third-order valence-electron chi connectivity index (χ3n) is 6.14. The second kappa shape index (κ2) is 9.80. The number of hydrogen-bond donors (Lipinski definition) is 0. The maximum absolute atomic E-state index is 14.5. The van der Waals surface area contributed by atoms with Crippen LogP contribution >= 0.6 is 11.6 Å². The lowest BCUT2D eigenvalue weighted by molar-refractivity contribution is 0.0737. The van der Waals surface area contributed by atoms with Crippen molar-refractivity contribution in [1.29, 1.82) is 0 Å². The zero-order valence-electron chi connectivity index (χ0n) is 19.2. The summed E-state index contributed by atoms with van der Waals surface area (Å²) in [6, 6.07) is 23.0. The van der Waals surface area contributed by atoms with Crippen molar-refractivity contribution < 1.29 is 13.9 Å². The molecule has 0 unspecified atom stereocenters. The summed E-state index contributed by atoms with van der Waals surface area (Å²) in [5.41, 5.74) is 2.80. The van der Waals surface area contributed by atoms with E-state index in [4.69, 9.17) is 16.3 Å². The first-order valence-electron chi connectivity index (χ1n) is 11.3. The molecule has 1 amide bonds. The van der Waals surface area contributed by atoms with Crippen molar-refractivity contribution in [3.05, 3.63) is 95.4 Å². The number of carbonyl (C=O) groups excluding carboxylic acids is 1. The molecule has 1 aromatic heterocycles. The van der Waals surface area contributed by atoms with Gasteiger partial charge < -0.3 is 14.5 Å². The zero-order valence-corrected chi connectivity index (χ0v) is 20.0. The maximum atomic E-state index is 14.5. The number of anilines is 1. The lowest BCUT2D eigenvalue weighted by atomic mass is 10.1. The van der Waals surface area contributed by atoms with Gasteiger partial charge >= 0.3 is 0 Å². The molecule has 0 aliphatic carbocycles. The molecular formula is C27H24ClFN4O2. The summed E-state index contributed by atoms with van der Waals surface area (Å²) in [6.07, 6.45) is 0. The van der Waals surface area contributed by atoms with Gasteiger partial charge in [-0.1, -0.05) is 35.9 Å². The van der Waals surface area contributed by atoms with Crippen LogP contribution in [0.3, 0.4) is 0 Å². The first-order valence-corrected chi connectivity index (χ1v) is 11.7. The van der Waals surface area contributed by atoms with E-state index < -0.39 is 5.82 Å². The minimum absolute atomic E-state index is 0.158. The van der Waals surface area contributed by atoms with Crippen molar-refractivity contribution in [2.45, 2.75) is 0 Å². The van der Waals surface area contributed by atoms with Crippen molar-refractivity contribution in [3.63, 3.8) is 0 Å². The van der Waals surface area contributed by atoms with Crippen molar-refractivity contribution >= 4 is 23.2 Å². The summed E-state index contributed by atoms with van der Waals surface area (Å²) in [5.74, 6) is 0.259. The highest BCUT2D eigenvalue weighted by atomic mass is 35.5. The van der Waals surface area contributed by atoms with Crippen molar-refractivity contribution in [3.8, 4) is 22.7 Å². The van der Waals surface area contributed by atoms with Crippen LogP contribution in [0.1, 0.15) is 10.5 Å². The Morgan fingerprint density at radius 1 is 0.943 bits per heavy atom. The average molecular weight is 491 g/mol. The molecule has 1 aliphatic rings. The van der Waals surface area contributed by atoms with Crippen LogP contribution in [0.25, 0.3) is 16.9 Å². The normalized spacial score (nSPS) is 13.7. The first kappa shape index (κ1) is 22.9. The van der Waals surface area contributed by atoms with Crippen LogP contribution in [0.4, 0.5) is 10.1 Å². The van der Waals surface area contributed by atoms with Crippen molar-refractivity contribution in [2.24, 2.45) is 0 Å². The highest BCUT2D eigenvalue weighted by Gasteiger charge is 2.27. The van der Waals surface area contributed by atoms with Gasteiger partial charge in [0.1, 0.15) is 17.3 Å². The molecule has 1 saturated heterocycles. The summed E-state index contributed by atoms with van der Waals surface area (Å²) < 4.78 is 21.6. The highest BCUT2D eigenvalue weighted by Crippen LogP contribution is 2.29. The minimum atomic E-state index is -0.391. The Balaban J connectivity index is 1.44. The van der Waals surface area contributed by atoms with E-state index in [0.717, 1.165) is 11.4 Å². The Hall–Kier alpha value is -3.84. The third kappa shape index (κ3) is 4.59. The Kier molecular flexibility index (Phi) is 6.42. The molecular weight excluding hydrogens is 467 g/mol. The molecule has 1 fully saturated rings. The highest BCUT2D eigenvalue weighted by molar-refractivity contribution is 6.30. The van der Waals surface area contributed by atoms with Gasteiger partial charge in [0, 0.05) is 36.8 Å². The first-order chi connectivity index (χ1) is 17.0. The van der Waals surface area contributed by atoms with Gasteiger partial charge in [0.05, 0.1) is 24.2 Å². The van der Waals surface area contributed by atoms with Crippen LogP contribution in [0.2, 0.25) is 5.02 Å². The number of benzene rings is 3. The number of aromatic nitrogens is 2. The molecule has 0 atom stereocenters. The molecule has 2 heterocycles. The predicted molar refractivity (Wildman–Crippen MR) is 135 cm³/mol. The number of ether oxygens (including phenoxy) is 1. The number of nitrogens with zero attached hydrogens (tertiary/aromatic N) is 4. The number of para-hydroxylation sites is 2. The summed E-state index contributed by atoms with van der Waals surface area (Å²) >= 11 is 6.06. The van der Waals surface area contributed by atoms with E-state index in [1.165, 1.54) is 6.07 Å². The maximum Gasteiger partial charge on any atom is 0.272 e. The van der Waals surface area contributed by atoms with E-state index >= 15 is 0 Å². The van der Waals surface area contributed by atoms with E-state index in [0.29, 0.717) is 53.8 Å². The van der Waals surface area contributed by atoms with Gasteiger partial charge in [-0.3, -0.25) is 4.79 Å². The molecule has 4 aromatic rings. The molecule has 178 valence electrons. The predicted octanol–water partition coefficient (Wildman–Crippen LogP) is 5.30. The number of hydrogen-bond acceptors (Lipinski definition) is 4. The molecule has 35 heavy (non-hydrogen) atoms. The average Bonchev–Trinajstić information content (AvgIpc) is 3.34. The Bertz CT molecular complexity index is 1350. The summed E-state index contributed by atoms with van der Waals surface area (Å²) in [7, 11) is 1.66. The van der Waals surface area contributed by atoms with Crippen LogP contribution in [0.5, 0.6) is 5.75 Å². The molecule has 0 spiro atoms. The Labute approximate surface area is 208 Å². The summed E-state index contributed by atoms with van der Waals surface area (Å²) in [4.78, 5) is 17.7. The van der Waals surface area contributed by atoms with Gasteiger partial charge in [0.2, 0.25) is 0 Å². The van der Waals surface area contributed by atoms with Crippen LogP contribution < -0.4 is 9.64 Å². The topological polar surface area (TPSA) is 50.6 Å². The smallest absolute Gasteiger partial charge is 0.272 e. The van der Waals surface area contributed by atoms with Crippen molar-refractivity contribution in [2.75, 3.05) is 38.2 Å². The summed E-state index contributed by atoms with van der Waals surface area (Å²) in [6.45, 7) is 2.41. The lowest BCUT2D eigenvalue weighted by Crippen LogP contribution is -2.49. The third-order valence-corrected chi connectivity index (χ3v) is 6.39. The fraction of sp³-hybridized carbons (Fsp3) is 0.185. The molecule has 5 rings (SSSR count). The number of halogens is 2.